The van der Waals surface area contributed by atoms with Crippen molar-refractivity contribution in [2.24, 2.45) is 0 Å². The fourth-order valence-electron chi connectivity index (χ4n) is 4.20. The predicted octanol–water partition coefficient (Wildman–Crippen LogP) is 1.80. The molecule has 0 aliphatic carbocycles. The molecule has 2 heterocycles. The molecule has 9 heteroatoms. The van der Waals surface area contributed by atoms with E-state index in [9.17, 15) is 19.1 Å². The molecule has 0 saturated carbocycles. The van der Waals surface area contributed by atoms with E-state index in [1.807, 2.05) is 23.1 Å². The smallest absolute Gasteiger partial charge is 0.248 e. The van der Waals surface area contributed by atoms with Crippen molar-refractivity contribution >= 4 is 29.1 Å². The summed E-state index contributed by atoms with van der Waals surface area (Å²) in [6, 6.07) is 13.8. The van der Waals surface area contributed by atoms with Gasteiger partial charge in [-0.25, -0.2) is 4.39 Å². The topological polar surface area (TPSA) is 84.9 Å². The fraction of sp³-hybridized carbons (Fsp3) is 0.364. The van der Waals surface area contributed by atoms with E-state index in [-0.39, 0.29) is 29.7 Å². The van der Waals surface area contributed by atoms with Crippen molar-refractivity contribution in [1.82, 2.24) is 15.5 Å². The number of anilines is 1. The number of carbonyl (C=O) groups excluding carboxylic acids is 2. The van der Waals surface area contributed by atoms with Crippen molar-refractivity contribution in [2.45, 2.75) is 24.7 Å². The van der Waals surface area contributed by atoms with Gasteiger partial charge in [-0.1, -0.05) is 41.9 Å². The molecule has 3 N–H and O–H groups in total. The molecule has 164 valence electrons. The lowest BCUT2D eigenvalue weighted by Gasteiger charge is -2.37. The van der Waals surface area contributed by atoms with Crippen molar-refractivity contribution in [1.29, 1.82) is 0 Å². The van der Waals surface area contributed by atoms with E-state index in [0.29, 0.717) is 31.7 Å². The molecule has 2 aromatic rings. The summed E-state index contributed by atoms with van der Waals surface area (Å²) in [5.41, 5.74) is 0.281. The molecule has 2 aliphatic rings. The molecule has 7 nitrogen and oxygen atoms in total. The summed E-state index contributed by atoms with van der Waals surface area (Å²) in [4.78, 5) is 29.3. The second-order valence-electron chi connectivity index (χ2n) is 7.76. The van der Waals surface area contributed by atoms with E-state index in [1.54, 1.807) is 23.1 Å². The van der Waals surface area contributed by atoms with Crippen molar-refractivity contribution in [3.05, 3.63) is 64.9 Å². The minimum Gasteiger partial charge on any atom is -0.368 e. The number of hydrogen-bond acceptors (Lipinski definition) is 5. The molecule has 2 saturated heterocycles. The summed E-state index contributed by atoms with van der Waals surface area (Å²) < 4.78 is 13.7. The average Bonchev–Trinajstić information content (AvgIpc) is 3.08. The Morgan fingerprint density at radius 1 is 1.16 bits per heavy atom. The van der Waals surface area contributed by atoms with Gasteiger partial charge in [-0.05, 0) is 30.2 Å². The summed E-state index contributed by atoms with van der Waals surface area (Å²) in [5.74, 6) is -0.879. The van der Waals surface area contributed by atoms with Crippen LogP contribution in [-0.4, -0.2) is 54.4 Å². The first-order valence-electron chi connectivity index (χ1n) is 10.2. The van der Waals surface area contributed by atoms with Gasteiger partial charge < -0.3 is 20.2 Å². The summed E-state index contributed by atoms with van der Waals surface area (Å²) in [6.07, 6.45) is -0.787. The van der Waals surface area contributed by atoms with E-state index in [0.717, 1.165) is 5.69 Å². The number of aliphatic hydroxyl groups excluding tert-OH is 1. The molecule has 2 aromatic carbocycles. The van der Waals surface area contributed by atoms with Crippen LogP contribution < -0.4 is 15.5 Å². The van der Waals surface area contributed by atoms with Gasteiger partial charge >= 0.3 is 0 Å². The van der Waals surface area contributed by atoms with Crippen molar-refractivity contribution in [3.8, 4) is 0 Å². The minimum atomic E-state index is -1.16. The number of aliphatic hydroxyl groups is 1. The quantitative estimate of drug-likeness (QED) is 0.652. The molecule has 2 atom stereocenters. The maximum atomic E-state index is 13.7. The Morgan fingerprint density at radius 2 is 1.87 bits per heavy atom. The lowest BCUT2D eigenvalue weighted by molar-refractivity contribution is -0.132. The Bertz CT molecular complexity index is 968. The number of benzene rings is 2. The highest BCUT2D eigenvalue weighted by Crippen LogP contribution is 2.31. The van der Waals surface area contributed by atoms with Gasteiger partial charge in [0, 0.05) is 38.3 Å². The molecule has 0 spiro atoms. The SMILES string of the molecule is O=C(CCC1(c2ccccc2)NC(O)NC1=O)N1CCN(c2ccc(Cl)c(F)c2)CC1. The number of halogens is 2. The summed E-state index contributed by atoms with van der Waals surface area (Å²) in [7, 11) is 0. The van der Waals surface area contributed by atoms with Crippen LogP contribution in [0.1, 0.15) is 18.4 Å². The standard InChI is InChI=1S/C22H24ClFN4O3/c23-17-7-6-16(14-18(17)24)27-10-12-28(13-11-27)19(29)8-9-22(15-4-2-1-3-5-15)20(30)25-21(31)26-22/h1-7,14,21,26,31H,8-13H2,(H,25,30). The van der Waals surface area contributed by atoms with Crippen LogP contribution in [0.3, 0.4) is 0 Å². The molecular formula is C22H24ClFN4O3. The second kappa shape index (κ2) is 8.82. The Morgan fingerprint density at radius 3 is 2.48 bits per heavy atom. The summed E-state index contributed by atoms with van der Waals surface area (Å²) in [5, 5.41) is 15.4. The Balaban J connectivity index is 1.38. The predicted molar refractivity (Wildman–Crippen MR) is 115 cm³/mol. The molecule has 2 unspecified atom stereocenters. The van der Waals surface area contributed by atoms with Gasteiger partial charge in [0.2, 0.25) is 11.8 Å². The van der Waals surface area contributed by atoms with Gasteiger partial charge in [0.25, 0.3) is 0 Å². The third-order valence-corrected chi connectivity index (χ3v) is 6.23. The van der Waals surface area contributed by atoms with E-state index < -0.39 is 17.7 Å². The first-order chi connectivity index (χ1) is 14.9. The molecule has 31 heavy (non-hydrogen) atoms. The zero-order valence-corrected chi connectivity index (χ0v) is 17.6. The molecular weight excluding hydrogens is 423 g/mol. The van der Waals surface area contributed by atoms with Gasteiger partial charge in [0.1, 0.15) is 11.4 Å². The highest BCUT2D eigenvalue weighted by atomic mass is 35.5. The Hall–Kier alpha value is -2.68. The van der Waals surface area contributed by atoms with E-state index in [1.165, 1.54) is 12.1 Å². The van der Waals surface area contributed by atoms with Gasteiger partial charge in [0.05, 0.1) is 5.02 Å². The lowest BCUT2D eigenvalue weighted by atomic mass is 9.85. The van der Waals surface area contributed by atoms with E-state index in [2.05, 4.69) is 10.6 Å². The number of piperazine rings is 1. The third-order valence-electron chi connectivity index (χ3n) is 5.92. The minimum absolute atomic E-state index is 0.0618. The molecule has 0 bridgehead atoms. The van der Waals surface area contributed by atoms with Gasteiger partial charge in [-0.15, -0.1) is 0 Å². The number of nitrogens with one attached hydrogen (secondary N) is 2. The molecule has 0 aromatic heterocycles. The highest BCUT2D eigenvalue weighted by molar-refractivity contribution is 6.30. The van der Waals surface area contributed by atoms with Crippen LogP contribution in [0.15, 0.2) is 48.5 Å². The lowest BCUT2D eigenvalue weighted by Crippen LogP contribution is -2.50. The number of nitrogens with zero attached hydrogens (tertiary/aromatic N) is 2. The highest BCUT2D eigenvalue weighted by Gasteiger charge is 2.47. The normalized spacial score (nSPS) is 23.7. The fourth-order valence-corrected chi connectivity index (χ4v) is 4.32. The van der Waals surface area contributed by atoms with Gasteiger partial charge in [0.15, 0.2) is 6.35 Å². The monoisotopic (exact) mass is 446 g/mol. The van der Waals surface area contributed by atoms with Crippen molar-refractivity contribution < 1.29 is 19.1 Å². The number of hydrogen-bond donors (Lipinski definition) is 3. The Kier molecular flexibility index (Phi) is 6.13. The zero-order chi connectivity index (χ0) is 22.0. The maximum Gasteiger partial charge on any atom is 0.248 e. The van der Waals surface area contributed by atoms with Gasteiger partial charge in [-0.3, -0.25) is 14.9 Å². The number of rotatable bonds is 5. The molecule has 2 aliphatic heterocycles. The largest absolute Gasteiger partial charge is 0.368 e. The zero-order valence-electron chi connectivity index (χ0n) is 16.9. The van der Waals surface area contributed by atoms with Crippen LogP contribution in [0.2, 0.25) is 5.02 Å². The summed E-state index contributed by atoms with van der Waals surface area (Å²) in [6.45, 7) is 2.16. The van der Waals surface area contributed by atoms with E-state index in [4.69, 9.17) is 11.6 Å². The number of carbonyl (C=O) groups is 2. The third kappa shape index (κ3) is 4.37. The summed E-state index contributed by atoms with van der Waals surface area (Å²) >= 11 is 5.75. The Labute approximate surface area is 184 Å². The molecule has 4 rings (SSSR count). The van der Waals surface area contributed by atoms with Crippen LogP contribution >= 0.6 is 11.6 Å². The first-order valence-corrected chi connectivity index (χ1v) is 10.6. The molecule has 2 fully saturated rings. The van der Waals surface area contributed by atoms with Crippen LogP contribution in [0.5, 0.6) is 0 Å². The molecule has 2 amide bonds. The van der Waals surface area contributed by atoms with Crippen molar-refractivity contribution in [3.63, 3.8) is 0 Å². The van der Waals surface area contributed by atoms with Gasteiger partial charge in [-0.2, -0.15) is 0 Å². The number of amides is 2. The van der Waals surface area contributed by atoms with Crippen LogP contribution in [0, 0.1) is 5.82 Å². The van der Waals surface area contributed by atoms with Crippen LogP contribution in [0.4, 0.5) is 10.1 Å². The van der Waals surface area contributed by atoms with Crippen LogP contribution in [-0.2, 0) is 15.1 Å². The second-order valence-corrected chi connectivity index (χ2v) is 8.17. The van der Waals surface area contributed by atoms with E-state index >= 15 is 0 Å². The van der Waals surface area contributed by atoms with Crippen molar-refractivity contribution in [2.75, 3.05) is 31.1 Å². The first kappa shape index (κ1) is 21.5. The average molecular weight is 447 g/mol. The molecule has 0 radical (unpaired) electrons. The van der Waals surface area contributed by atoms with Crippen LogP contribution in [0.25, 0.3) is 0 Å². The maximum absolute atomic E-state index is 13.7.